The number of carboxylic acid groups (broad SMARTS) is 1. The van der Waals surface area contributed by atoms with Gasteiger partial charge >= 0.3 is 5.97 Å². The minimum absolute atomic E-state index is 0.229. The Morgan fingerprint density at radius 2 is 2.37 bits per heavy atom. The van der Waals surface area contributed by atoms with E-state index >= 15 is 0 Å². The van der Waals surface area contributed by atoms with Crippen LogP contribution in [0.5, 0.6) is 0 Å². The lowest BCUT2D eigenvalue weighted by atomic mass is 10.2. The van der Waals surface area contributed by atoms with Crippen molar-refractivity contribution in [3.05, 3.63) is 23.8 Å². The Kier molecular flexibility index (Phi) is 2.32. The lowest BCUT2D eigenvalue weighted by Crippen LogP contribution is -2.13. The maximum Gasteiger partial charge on any atom is 0.322 e. The summed E-state index contributed by atoms with van der Waals surface area (Å²) in [5, 5.41) is 22.9. The van der Waals surface area contributed by atoms with Gasteiger partial charge in [0.1, 0.15) is 6.54 Å². The summed E-state index contributed by atoms with van der Waals surface area (Å²) in [6.45, 7) is -0.229. The number of aliphatic carboxylic acids is 1. The van der Waals surface area contributed by atoms with E-state index in [-0.39, 0.29) is 6.54 Å². The van der Waals surface area contributed by atoms with Gasteiger partial charge in [-0.2, -0.15) is 10.2 Å². The number of hydrogen-bond donors (Lipinski definition) is 3. The summed E-state index contributed by atoms with van der Waals surface area (Å²) in [5.74, 6) is -0.230. The van der Waals surface area contributed by atoms with Gasteiger partial charge in [0, 0.05) is 0 Å². The highest BCUT2D eigenvalue weighted by molar-refractivity contribution is 5.81. The summed E-state index contributed by atoms with van der Waals surface area (Å²) in [4.78, 5) is 18.8. The van der Waals surface area contributed by atoms with Crippen LogP contribution >= 0.6 is 0 Å². The molecular weight excluding hydrogens is 248 g/mol. The number of benzene rings is 1. The topological polar surface area (TPSA) is 119 Å². The van der Waals surface area contributed by atoms with Crippen molar-refractivity contribution in [1.82, 2.24) is 19.6 Å². The highest BCUT2D eigenvalue weighted by atomic mass is 16.4. The van der Waals surface area contributed by atoms with Crippen LogP contribution in [0.4, 0.5) is 5.95 Å². The Labute approximate surface area is 106 Å². The fourth-order valence-electron chi connectivity index (χ4n) is 1.79. The zero-order valence-corrected chi connectivity index (χ0v) is 9.58. The van der Waals surface area contributed by atoms with Crippen molar-refractivity contribution in [2.45, 2.75) is 0 Å². The lowest BCUT2D eigenvalue weighted by Gasteiger charge is -1.96. The molecule has 19 heavy (non-hydrogen) atoms. The number of aromatic amines is 1. The molecule has 8 nitrogen and oxygen atoms in total. The maximum atomic E-state index is 10.5. The van der Waals surface area contributed by atoms with Gasteiger partial charge < -0.3 is 10.4 Å². The molecule has 2 aromatic heterocycles. The van der Waals surface area contributed by atoms with E-state index in [1.807, 2.05) is 6.07 Å². The molecule has 0 bridgehead atoms. The fourth-order valence-corrected chi connectivity index (χ4v) is 1.79. The highest BCUT2D eigenvalue weighted by Crippen LogP contribution is 2.17. The first-order chi connectivity index (χ1) is 9.17. The van der Waals surface area contributed by atoms with Gasteiger partial charge in [0.2, 0.25) is 5.95 Å². The van der Waals surface area contributed by atoms with Gasteiger partial charge in [-0.25, -0.2) is 9.50 Å². The summed E-state index contributed by atoms with van der Waals surface area (Å²) in [5.41, 5.74) is 1.95. The molecule has 0 fully saturated rings. The predicted octanol–water partition coefficient (Wildman–Crippen LogP) is 0.579. The van der Waals surface area contributed by atoms with Crippen LogP contribution in [0.2, 0.25) is 0 Å². The van der Waals surface area contributed by atoms with E-state index in [1.54, 1.807) is 22.7 Å². The first-order valence-electron chi connectivity index (χ1n) is 5.41. The number of carbonyl (C=O) groups is 1. The Hall–Kier alpha value is -3.08. The molecule has 0 unspecified atom stereocenters. The van der Waals surface area contributed by atoms with Gasteiger partial charge in [-0.3, -0.25) is 9.89 Å². The molecule has 3 aromatic rings. The Balaban J connectivity index is 2.05. The van der Waals surface area contributed by atoms with Crippen LogP contribution in [0.1, 0.15) is 5.56 Å². The number of nitriles is 1. The third-order valence-electron chi connectivity index (χ3n) is 2.60. The maximum absolute atomic E-state index is 10.5. The average molecular weight is 256 g/mol. The zero-order chi connectivity index (χ0) is 13.4. The third kappa shape index (κ3) is 1.83. The summed E-state index contributed by atoms with van der Waals surface area (Å²) >= 11 is 0. The molecular formula is C11H8N6O2. The Bertz CT molecular complexity index is 825. The van der Waals surface area contributed by atoms with Gasteiger partial charge in [-0.05, 0) is 18.2 Å². The minimum Gasteiger partial charge on any atom is -0.480 e. The van der Waals surface area contributed by atoms with Gasteiger partial charge in [0.25, 0.3) is 5.78 Å². The van der Waals surface area contributed by atoms with Crippen molar-refractivity contribution in [1.29, 1.82) is 5.26 Å². The molecule has 3 rings (SSSR count). The van der Waals surface area contributed by atoms with Gasteiger partial charge in [0.15, 0.2) is 0 Å². The van der Waals surface area contributed by atoms with E-state index in [4.69, 9.17) is 10.4 Å². The summed E-state index contributed by atoms with van der Waals surface area (Å²) < 4.78 is 1.63. The monoisotopic (exact) mass is 256 g/mol. The Morgan fingerprint density at radius 1 is 1.53 bits per heavy atom. The number of imidazole rings is 1. The van der Waals surface area contributed by atoms with Crippen LogP contribution in [0.15, 0.2) is 18.2 Å². The molecule has 2 heterocycles. The number of hydrogen-bond acceptors (Lipinski definition) is 5. The van der Waals surface area contributed by atoms with E-state index in [2.05, 4.69) is 20.4 Å². The molecule has 3 N–H and O–H groups in total. The molecule has 0 aliphatic heterocycles. The number of nitrogens with one attached hydrogen (secondary N) is 2. The standard InChI is InChI=1S/C11H8N6O2/c12-4-6-1-2-8-7(3-6)14-11-15-10(16-17(8)11)13-5-9(18)19/h1-3H,5H2,(H,18,19)(H2,13,14,15,16). The SMILES string of the molecule is N#Cc1ccc2c(c1)nc1nc(NCC(=O)O)[nH]n12. The van der Waals surface area contributed by atoms with Crippen molar-refractivity contribution in [3.8, 4) is 6.07 Å². The van der Waals surface area contributed by atoms with Crippen molar-refractivity contribution in [3.63, 3.8) is 0 Å². The van der Waals surface area contributed by atoms with E-state index in [9.17, 15) is 4.79 Å². The first kappa shape index (κ1) is 11.0. The van der Waals surface area contributed by atoms with Gasteiger partial charge in [0.05, 0.1) is 22.7 Å². The Morgan fingerprint density at radius 3 is 3.11 bits per heavy atom. The quantitative estimate of drug-likeness (QED) is 0.630. The number of H-pyrrole nitrogens is 1. The van der Waals surface area contributed by atoms with Crippen LogP contribution in [0.25, 0.3) is 16.8 Å². The van der Waals surface area contributed by atoms with Crippen LogP contribution in [0.3, 0.4) is 0 Å². The molecule has 0 saturated carbocycles. The average Bonchev–Trinajstić information content (AvgIpc) is 2.92. The number of fused-ring (bicyclic) bond motifs is 3. The van der Waals surface area contributed by atoms with E-state index in [0.717, 1.165) is 5.52 Å². The third-order valence-corrected chi connectivity index (χ3v) is 2.60. The number of rotatable bonds is 3. The number of nitrogens with zero attached hydrogens (tertiary/aromatic N) is 4. The molecule has 0 amide bonds. The largest absolute Gasteiger partial charge is 0.480 e. The fraction of sp³-hybridized carbons (Fsp3) is 0.0909. The summed E-state index contributed by atoms with van der Waals surface area (Å²) in [6, 6.07) is 7.15. The second-order valence-corrected chi connectivity index (χ2v) is 3.88. The lowest BCUT2D eigenvalue weighted by molar-refractivity contribution is -0.134. The molecule has 0 aliphatic rings. The molecule has 1 aromatic carbocycles. The second kappa shape index (κ2) is 3.99. The molecule has 94 valence electrons. The number of anilines is 1. The molecule has 0 atom stereocenters. The first-order valence-corrected chi connectivity index (χ1v) is 5.41. The molecule has 8 heteroatoms. The van der Waals surface area contributed by atoms with Crippen LogP contribution < -0.4 is 5.32 Å². The van der Waals surface area contributed by atoms with E-state index in [1.165, 1.54) is 0 Å². The van der Waals surface area contributed by atoms with Gasteiger partial charge in [-0.15, -0.1) is 0 Å². The molecule has 0 spiro atoms. The van der Waals surface area contributed by atoms with Crippen LogP contribution in [0, 0.1) is 11.3 Å². The normalized spacial score (nSPS) is 10.7. The van der Waals surface area contributed by atoms with Crippen molar-refractivity contribution in [2.75, 3.05) is 11.9 Å². The number of aromatic nitrogens is 4. The highest BCUT2D eigenvalue weighted by Gasteiger charge is 2.10. The van der Waals surface area contributed by atoms with Crippen molar-refractivity contribution in [2.24, 2.45) is 0 Å². The van der Waals surface area contributed by atoms with E-state index < -0.39 is 5.97 Å². The van der Waals surface area contributed by atoms with Gasteiger partial charge in [-0.1, -0.05) is 0 Å². The second-order valence-electron chi connectivity index (χ2n) is 3.88. The smallest absolute Gasteiger partial charge is 0.322 e. The van der Waals surface area contributed by atoms with Crippen LogP contribution in [-0.4, -0.2) is 37.2 Å². The molecule has 0 saturated heterocycles. The minimum atomic E-state index is -0.974. The number of carboxylic acids is 1. The molecule has 0 radical (unpaired) electrons. The predicted molar refractivity (Wildman–Crippen MR) is 65.7 cm³/mol. The van der Waals surface area contributed by atoms with Crippen molar-refractivity contribution < 1.29 is 9.90 Å². The molecule has 0 aliphatic carbocycles. The van der Waals surface area contributed by atoms with Crippen molar-refractivity contribution >= 4 is 28.7 Å². The summed E-state index contributed by atoms with van der Waals surface area (Å²) in [7, 11) is 0. The van der Waals surface area contributed by atoms with E-state index in [0.29, 0.717) is 22.8 Å². The zero-order valence-electron chi connectivity index (χ0n) is 9.58. The summed E-state index contributed by atoms with van der Waals surface area (Å²) in [6.07, 6.45) is 0. The van der Waals surface area contributed by atoms with Crippen LogP contribution in [-0.2, 0) is 4.79 Å².